The second-order valence-corrected chi connectivity index (χ2v) is 9.38. The summed E-state index contributed by atoms with van der Waals surface area (Å²) >= 11 is 1.37. The molecule has 4 rings (SSSR count). The first kappa shape index (κ1) is 23.3. The number of ether oxygens (including phenoxy) is 3. The number of amides is 1. The molecule has 3 unspecified atom stereocenters. The van der Waals surface area contributed by atoms with Crippen molar-refractivity contribution in [3.05, 3.63) is 45.8 Å². The van der Waals surface area contributed by atoms with E-state index in [-0.39, 0.29) is 36.9 Å². The molecule has 7 nitrogen and oxygen atoms in total. The van der Waals surface area contributed by atoms with Gasteiger partial charge in [0.25, 0.3) is 0 Å². The Morgan fingerprint density at radius 2 is 1.82 bits per heavy atom. The van der Waals surface area contributed by atoms with E-state index in [1.54, 1.807) is 21.0 Å². The maximum Gasteiger partial charge on any atom is 0.341 e. The molecule has 1 aromatic heterocycles. The molecule has 8 heteroatoms. The number of anilines is 1. The van der Waals surface area contributed by atoms with E-state index in [4.69, 9.17) is 14.2 Å². The van der Waals surface area contributed by atoms with Crippen molar-refractivity contribution in [1.29, 1.82) is 0 Å². The van der Waals surface area contributed by atoms with E-state index in [2.05, 4.69) is 5.32 Å². The SMILES string of the molecule is CCOC(=O)c1c(NC(=O)C2CC2c2ccc(OC)cc2)sc2c1C(C(=O)OCC)CCC2. The van der Waals surface area contributed by atoms with Crippen molar-refractivity contribution in [3.8, 4) is 5.75 Å². The van der Waals surface area contributed by atoms with E-state index in [1.807, 2.05) is 24.3 Å². The molecule has 0 saturated heterocycles. The molecule has 2 aliphatic rings. The van der Waals surface area contributed by atoms with Gasteiger partial charge in [0, 0.05) is 10.8 Å². The Kier molecular flexibility index (Phi) is 7.02. The van der Waals surface area contributed by atoms with Crippen LogP contribution in [0.15, 0.2) is 24.3 Å². The first-order valence-electron chi connectivity index (χ1n) is 11.4. The van der Waals surface area contributed by atoms with Crippen LogP contribution in [0.5, 0.6) is 5.75 Å². The molecule has 1 aromatic carbocycles. The highest BCUT2D eigenvalue weighted by molar-refractivity contribution is 7.17. The molecule has 1 fully saturated rings. The van der Waals surface area contributed by atoms with Crippen molar-refractivity contribution in [2.24, 2.45) is 5.92 Å². The second-order valence-electron chi connectivity index (χ2n) is 8.27. The molecule has 0 aliphatic heterocycles. The molecule has 2 aliphatic carbocycles. The lowest BCUT2D eigenvalue weighted by Crippen LogP contribution is -2.23. The second kappa shape index (κ2) is 9.95. The highest BCUT2D eigenvalue weighted by Gasteiger charge is 2.45. The molecule has 1 saturated carbocycles. The summed E-state index contributed by atoms with van der Waals surface area (Å²) in [6.07, 6.45) is 2.96. The van der Waals surface area contributed by atoms with Crippen molar-refractivity contribution < 1.29 is 28.6 Å². The molecule has 1 amide bonds. The Balaban J connectivity index is 1.58. The summed E-state index contributed by atoms with van der Waals surface area (Å²) in [5, 5.41) is 3.46. The molecule has 2 aromatic rings. The van der Waals surface area contributed by atoms with Crippen molar-refractivity contribution in [3.63, 3.8) is 0 Å². The third-order valence-electron chi connectivity index (χ3n) is 6.23. The first-order valence-corrected chi connectivity index (χ1v) is 12.2. The van der Waals surface area contributed by atoms with E-state index in [0.29, 0.717) is 22.5 Å². The fourth-order valence-electron chi connectivity index (χ4n) is 4.54. The minimum absolute atomic E-state index is 0.118. The molecule has 0 bridgehead atoms. The van der Waals surface area contributed by atoms with Crippen molar-refractivity contribution in [1.82, 2.24) is 0 Å². The van der Waals surface area contributed by atoms with Crippen LogP contribution in [0.3, 0.4) is 0 Å². The summed E-state index contributed by atoms with van der Waals surface area (Å²) in [6, 6.07) is 7.75. The van der Waals surface area contributed by atoms with Crippen LogP contribution in [-0.4, -0.2) is 38.2 Å². The monoisotopic (exact) mass is 471 g/mol. The molecule has 176 valence electrons. The zero-order valence-electron chi connectivity index (χ0n) is 19.1. The van der Waals surface area contributed by atoms with E-state index >= 15 is 0 Å². The number of nitrogens with one attached hydrogen (secondary N) is 1. The molecular formula is C25H29NO6S. The third-order valence-corrected chi connectivity index (χ3v) is 7.41. The number of rotatable bonds is 8. The highest BCUT2D eigenvalue weighted by Crippen LogP contribution is 2.50. The van der Waals surface area contributed by atoms with Gasteiger partial charge in [0.2, 0.25) is 5.91 Å². The van der Waals surface area contributed by atoms with Gasteiger partial charge < -0.3 is 19.5 Å². The molecule has 0 radical (unpaired) electrons. The number of fused-ring (bicyclic) bond motifs is 1. The lowest BCUT2D eigenvalue weighted by molar-refractivity contribution is -0.145. The maximum absolute atomic E-state index is 13.1. The van der Waals surface area contributed by atoms with Gasteiger partial charge in [-0.1, -0.05) is 12.1 Å². The van der Waals surface area contributed by atoms with Crippen LogP contribution in [0.25, 0.3) is 0 Å². The Morgan fingerprint density at radius 3 is 2.48 bits per heavy atom. The molecule has 1 heterocycles. The first-order chi connectivity index (χ1) is 16.0. The normalized spacial score (nSPS) is 21.0. The number of carbonyl (C=O) groups excluding carboxylic acids is 3. The van der Waals surface area contributed by atoms with E-state index in [1.165, 1.54) is 11.3 Å². The minimum atomic E-state index is -0.511. The van der Waals surface area contributed by atoms with Gasteiger partial charge in [-0.3, -0.25) is 9.59 Å². The van der Waals surface area contributed by atoms with E-state index in [0.717, 1.165) is 35.5 Å². The summed E-state index contributed by atoms with van der Waals surface area (Å²) in [5.41, 5.74) is 2.07. The van der Waals surface area contributed by atoms with Gasteiger partial charge in [0.05, 0.1) is 31.8 Å². The summed E-state index contributed by atoms with van der Waals surface area (Å²) in [7, 11) is 1.62. The number of esters is 2. The van der Waals surface area contributed by atoms with E-state index in [9.17, 15) is 14.4 Å². The smallest absolute Gasteiger partial charge is 0.341 e. The number of benzene rings is 1. The zero-order chi connectivity index (χ0) is 23.5. The summed E-state index contributed by atoms with van der Waals surface area (Å²) < 4.78 is 15.8. The van der Waals surface area contributed by atoms with Gasteiger partial charge in [-0.05, 0) is 68.7 Å². The van der Waals surface area contributed by atoms with Crippen molar-refractivity contribution in [2.75, 3.05) is 25.6 Å². The molecule has 0 spiro atoms. The average molecular weight is 472 g/mol. The third kappa shape index (κ3) is 4.76. The number of methoxy groups -OCH3 is 1. The largest absolute Gasteiger partial charge is 0.497 e. The van der Waals surface area contributed by atoms with Crippen LogP contribution in [0.1, 0.15) is 71.3 Å². The predicted octanol–water partition coefficient (Wildman–Crippen LogP) is 4.66. The number of carbonyl (C=O) groups is 3. The molecular weight excluding hydrogens is 442 g/mol. The standard InChI is InChI=1S/C25H29NO6S/c1-4-31-24(28)16-7-6-8-19-20(16)21(25(29)32-5-2)23(33-19)26-22(27)18-13-17(18)14-9-11-15(30-3)12-10-14/h9-12,16-18H,4-8,13H2,1-3H3,(H,26,27). The van der Waals surface area contributed by atoms with Gasteiger partial charge in [-0.15, -0.1) is 11.3 Å². The topological polar surface area (TPSA) is 90.9 Å². The van der Waals surface area contributed by atoms with Gasteiger partial charge in [-0.25, -0.2) is 4.79 Å². The van der Waals surface area contributed by atoms with Crippen LogP contribution in [-0.2, 0) is 25.5 Å². The van der Waals surface area contributed by atoms with Gasteiger partial charge in [-0.2, -0.15) is 0 Å². The van der Waals surface area contributed by atoms with E-state index < -0.39 is 11.9 Å². The van der Waals surface area contributed by atoms with Gasteiger partial charge in [0.15, 0.2) is 0 Å². The van der Waals surface area contributed by atoms with Crippen molar-refractivity contribution in [2.45, 2.75) is 51.4 Å². The lowest BCUT2D eigenvalue weighted by Gasteiger charge is -2.22. The Hall–Kier alpha value is -2.87. The highest BCUT2D eigenvalue weighted by atomic mass is 32.1. The number of hydrogen-bond acceptors (Lipinski definition) is 7. The Labute approximate surface area is 197 Å². The van der Waals surface area contributed by atoms with Crippen LogP contribution < -0.4 is 10.1 Å². The van der Waals surface area contributed by atoms with Crippen LogP contribution in [0, 0.1) is 5.92 Å². The summed E-state index contributed by atoms with van der Waals surface area (Å²) in [6.45, 7) is 3.99. The lowest BCUT2D eigenvalue weighted by atomic mass is 9.85. The number of hydrogen-bond donors (Lipinski definition) is 1. The summed E-state index contributed by atoms with van der Waals surface area (Å²) in [4.78, 5) is 39.5. The van der Waals surface area contributed by atoms with Gasteiger partial charge >= 0.3 is 11.9 Å². The van der Waals surface area contributed by atoms with Gasteiger partial charge in [0.1, 0.15) is 10.8 Å². The van der Waals surface area contributed by atoms with Crippen molar-refractivity contribution >= 4 is 34.2 Å². The Morgan fingerprint density at radius 1 is 1.09 bits per heavy atom. The van der Waals surface area contributed by atoms with Crippen LogP contribution in [0.4, 0.5) is 5.00 Å². The average Bonchev–Trinajstić information content (AvgIpc) is 3.53. The number of aryl methyl sites for hydroxylation is 1. The Bertz CT molecular complexity index is 1040. The zero-order valence-corrected chi connectivity index (χ0v) is 20.0. The fraction of sp³-hybridized carbons (Fsp3) is 0.480. The predicted molar refractivity (Wildman–Crippen MR) is 125 cm³/mol. The van der Waals surface area contributed by atoms with Crippen LogP contribution >= 0.6 is 11.3 Å². The quantitative estimate of drug-likeness (QED) is 0.563. The maximum atomic E-state index is 13.1. The summed E-state index contributed by atoms with van der Waals surface area (Å²) in [5.74, 6) is -0.710. The van der Waals surface area contributed by atoms with Crippen LogP contribution in [0.2, 0.25) is 0 Å². The molecule has 1 N–H and O–H groups in total. The number of thiophene rings is 1. The minimum Gasteiger partial charge on any atom is -0.497 e. The fourth-order valence-corrected chi connectivity index (χ4v) is 5.83. The molecule has 33 heavy (non-hydrogen) atoms. The molecule has 3 atom stereocenters.